The molecule has 0 bridgehead atoms. The first-order valence-corrected chi connectivity index (χ1v) is 9.59. The number of carbonyl (C=O) groups is 1. The molecule has 152 valence electrons. The minimum atomic E-state index is -0.347. The lowest BCUT2D eigenvalue weighted by atomic mass is 9.97. The van der Waals surface area contributed by atoms with E-state index >= 15 is 0 Å². The molecule has 9 heteroatoms. The highest BCUT2D eigenvalue weighted by Gasteiger charge is 2.22. The van der Waals surface area contributed by atoms with Crippen LogP contribution in [0.4, 0.5) is 5.95 Å². The Morgan fingerprint density at radius 1 is 1.03 bits per heavy atom. The molecule has 0 radical (unpaired) electrons. The summed E-state index contributed by atoms with van der Waals surface area (Å²) in [6.45, 7) is 0. The summed E-state index contributed by atoms with van der Waals surface area (Å²) >= 11 is 13.2. The van der Waals surface area contributed by atoms with E-state index in [1.807, 2.05) is 6.07 Å². The molecule has 1 amide bonds. The number of imidazole rings is 1. The number of aromatic amines is 1. The zero-order chi connectivity index (χ0) is 21.3. The van der Waals surface area contributed by atoms with Gasteiger partial charge in [0.25, 0.3) is 5.91 Å². The number of benzene rings is 2. The van der Waals surface area contributed by atoms with Crippen LogP contribution in [0.5, 0.6) is 11.5 Å². The van der Waals surface area contributed by atoms with Crippen molar-refractivity contribution in [2.24, 2.45) is 0 Å². The standard InChI is InChI=1S/C21H16Cl2N4O3/c1-29-14-10-15(30-2)18(23)16(17(14)22)11-5-6-13(19-12(11)4-3-7-24-19)20(28)27-21-25-8-9-26-21/h3-10H,1-2H3,(H2,25,26,27,28). The minimum Gasteiger partial charge on any atom is -0.495 e. The molecular weight excluding hydrogens is 427 g/mol. The monoisotopic (exact) mass is 442 g/mol. The van der Waals surface area contributed by atoms with Gasteiger partial charge in [0.1, 0.15) is 11.5 Å². The van der Waals surface area contributed by atoms with Crippen LogP contribution < -0.4 is 14.8 Å². The molecule has 2 heterocycles. The average Bonchev–Trinajstić information content (AvgIpc) is 3.27. The summed E-state index contributed by atoms with van der Waals surface area (Å²) in [5, 5.41) is 4.08. The predicted octanol–water partition coefficient (Wildman–Crippen LogP) is 5.20. The Kier molecular flexibility index (Phi) is 5.48. The van der Waals surface area contributed by atoms with E-state index in [0.29, 0.717) is 55.1 Å². The Bertz CT molecular complexity index is 1210. The fraction of sp³-hybridized carbons (Fsp3) is 0.0952. The Labute approximate surface area is 182 Å². The van der Waals surface area contributed by atoms with Gasteiger partial charge in [-0.25, -0.2) is 4.98 Å². The van der Waals surface area contributed by atoms with Crippen LogP contribution >= 0.6 is 23.2 Å². The van der Waals surface area contributed by atoms with E-state index in [9.17, 15) is 4.79 Å². The fourth-order valence-corrected chi connectivity index (χ4v) is 3.91. The third kappa shape index (κ3) is 3.42. The molecule has 0 atom stereocenters. The van der Waals surface area contributed by atoms with Gasteiger partial charge in [-0.2, -0.15) is 0 Å². The van der Waals surface area contributed by atoms with Crippen molar-refractivity contribution in [3.63, 3.8) is 0 Å². The highest BCUT2D eigenvalue weighted by molar-refractivity contribution is 6.41. The lowest BCUT2D eigenvalue weighted by Crippen LogP contribution is -2.14. The van der Waals surface area contributed by atoms with Crippen LogP contribution in [0.2, 0.25) is 10.0 Å². The highest BCUT2D eigenvalue weighted by Crippen LogP contribution is 2.47. The Morgan fingerprint density at radius 3 is 2.40 bits per heavy atom. The van der Waals surface area contributed by atoms with Crippen LogP contribution in [0.15, 0.2) is 48.9 Å². The molecule has 4 rings (SSSR count). The normalized spacial score (nSPS) is 10.8. The number of fused-ring (bicyclic) bond motifs is 1. The van der Waals surface area contributed by atoms with Crippen LogP contribution in [0.1, 0.15) is 10.4 Å². The van der Waals surface area contributed by atoms with E-state index in [1.54, 1.807) is 42.9 Å². The summed E-state index contributed by atoms with van der Waals surface area (Å²) in [5.41, 5.74) is 2.10. The average molecular weight is 443 g/mol. The number of amides is 1. The van der Waals surface area contributed by atoms with Crippen molar-refractivity contribution in [3.05, 3.63) is 64.5 Å². The van der Waals surface area contributed by atoms with Crippen molar-refractivity contribution >= 4 is 46.0 Å². The van der Waals surface area contributed by atoms with Gasteiger partial charge in [-0.05, 0) is 17.7 Å². The molecule has 4 aromatic rings. The second-order valence-corrected chi connectivity index (χ2v) is 6.99. The lowest BCUT2D eigenvalue weighted by Gasteiger charge is -2.17. The first-order chi connectivity index (χ1) is 14.5. The maximum atomic E-state index is 12.8. The number of carbonyl (C=O) groups excluding carboxylic acids is 1. The van der Waals surface area contributed by atoms with E-state index < -0.39 is 0 Å². The van der Waals surface area contributed by atoms with Gasteiger partial charge in [-0.3, -0.25) is 15.1 Å². The van der Waals surface area contributed by atoms with Gasteiger partial charge in [0, 0.05) is 35.6 Å². The van der Waals surface area contributed by atoms with Gasteiger partial charge in [-0.15, -0.1) is 0 Å². The molecule has 0 saturated carbocycles. The van der Waals surface area contributed by atoms with Crippen molar-refractivity contribution in [2.75, 3.05) is 19.5 Å². The Hall–Kier alpha value is -3.29. The molecule has 0 aliphatic heterocycles. The third-order valence-electron chi connectivity index (χ3n) is 4.59. The van der Waals surface area contributed by atoms with Crippen LogP contribution in [-0.2, 0) is 0 Å². The number of H-pyrrole nitrogens is 1. The quantitative estimate of drug-likeness (QED) is 0.443. The molecule has 0 saturated heterocycles. The zero-order valence-corrected chi connectivity index (χ0v) is 17.5. The van der Waals surface area contributed by atoms with E-state index in [-0.39, 0.29) is 5.91 Å². The lowest BCUT2D eigenvalue weighted by molar-refractivity contribution is 0.102. The second kappa shape index (κ2) is 8.22. The topological polar surface area (TPSA) is 89.1 Å². The number of anilines is 1. The number of hydrogen-bond donors (Lipinski definition) is 2. The molecule has 0 aliphatic rings. The molecule has 7 nitrogen and oxygen atoms in total. The van der Waals surface area contributed by atoms with Crippen LogP contribution in [0, 0.1) is 0 Å². The van der Waals surface area contributed by atoms with Crippen LogP contribution in [0.3, 0.4) is 0 Å². The molecule has 0 aliphatic carbocycles. The van der Waals surface area contributed by atoms with Crippen molar-refractivity contribution in [2.45, 2.75) is 0 Å². The van der Waals surface area contributed by atoms with Crippen LogP contribution in [-0.4, -0.2) is 35.1 Å². The summed E-state index contributed by atoms with van der Waals surface area (Å²) in [6.07, 6.45) is 4.79. The number of rotatable bonds is 5. The van der Waals surface area contributed by atoms with Gasteiger partial charge in [0.2, 0.25) is 5.95 Å². The third-order valence-corrected chi connectivity index (χ3v) is 5.34. The maximum Gasteiger partial charge on any atom is 0.260 e. The number of methoxy groups -OCH3 is 2. The first kappa shape index (κ1) is 20.0. The van der Waals surface area contributed by atoms with Crippen molar-refractivity contribution in [3.8, 4) is 22.6 Å². The summed E-state index contributed by atoms with van der Waals surface area (Å²) in [6, 6.07) is 8.69. The predicted molar refractivity (Wildman–Crippen MR) is 117 cm³/mol. The van der Waals surface area contributed by atoms with Crippen molar-refractivity contribution < 1.29 is 14.3 Å². The fourth-order valence-electron chi connectivity index (χ4n) is 3.20. The van der Waals surface area contributed by atoms with E-state index in [2.05, 4.69) is 20.3 Å². The zero-order valence-electron chi connectivity index (χ0n) is 16.0. The number of nitrogens with zero attached hydrogens (tertiary/aromatic N) is 2. The molecular formula is C21H16Cl2N4O3. The number of nitrogens with one attached hydrogen (secondary N) is 2. The van der Waals surface area contributed by atoms with Gasteiger partial charge in [0.05, 0.1) is 35.3 Å². The van der Waals surface area contributed by atoms with Gasteiger partial charge in [-0.1, -0.05) is 35.3 Å². The Morgan fingerprint density at radius 2 is 1.77 bits per heavy atom. The van der Waals surface area contributed by atoms with Gasteiger partial charge in [0.15, 0.2) is 0 Å². The largest absolute Gasteiger partial charge is 0.495 e. The van der Waals surface area contributed by atoms with Gasteiger partial charge >= 0.3 is 0 Å². The van der Waals surface area contributed by atoms with E-state index in [0.717, 1.165) is 0 Å². The number of halogens is 2. The molecule has 0 fully saturated rings. The SMILES string of the molecule is COc1cc(OC)c(Cl)c(-c2ccc(C(=O)Nc3ncc[nH]3)c3ncccc23)c1Cl. The number of pyridine rings is 1. The van der Waals surface area contributed by atoms with E-state index in [1.165, 1.54) is 14.2 Å². The maximum absolute atomic E-state index is 12.8. The molecule has 2 aromatic carbocycles. The number of ether oxygens (including phenoxy) is 2. The van der Waals surface area contributed by atoms with Crippen molar-refractivity contribution in [1.82, 2.24) is 15.0 Å². The summed E-state index contributed by atoms with van der Waals surface area (Å²) in [7, 11) is 3.03. The number of aromatic nitrogens is 3. The molecule has 0 unspecified atom stereocenters. The summed E-state index contributed by atoms with van der Waals surface area (Å²) in [4.78, 5) is 24.1. The Balaban J connectivity index is 1.92. The molecule has 0 spiro atoms. The summed E-state index contributed by atoms with van der Waals surface area (Å²) in [5.74, 6) is 0.839. The molecule has 30 heavy (non-hydrogen) atoms. The molecule has 2 aromatic heterocycles. The smallest absolute Gasteiger partial charge is 0.260 e. The van der Waals surface area contributed by atoms with E-state index in [4.69, 9.17) is 32.7 Å². The minimum absolute atomic E-state index is 0.334. The second-order valence-electron chi connectivity index (χ2n) is 6.24. The van der Waals surface area contributed by atoms with Gasteiger partial charge < -0.3 is 14.5 Å². The highest BCUT2D eigenvalue weighted by atomic mass is 35.5. The first-order valence-electron chi connectivity index (χ1n) is 8.84. The molecule has 2 N–H and O–H groups in total. The van der Waals surface area contributed by atoms with Crippen molar-refractivity contribution in [1.29, 1.82) is 0 Å². The van der Waals surface area contributed by atoms with Crippen LogP contribution in [0.25, 0.3) is 22.0 Å². The number of hydrogen-bond acceptors (Lipinski definition) is 5. The summed E-state index contributed by atoms with van der Waals surface area (Å²) < 4.78 is 10.8.